The zero-order valence-corrected chi connectivity index (χ0v) is 14.3. The summed E-state index contributed by atoms with van der Waals surface area (Å²) in [4.78, 5) is 14.3. The highest BCUT2D eigenvalue weighted by Gasteiger charge is 2.27. The van der Waals surface area contributed by atoms with E-state index in [1.165, 1.54) is 10.8 Å². The molecule has 0 saturated carbocycles. The fourth-order valence-electron chi connectivity index (χ4n) is 3.26. The van der Waals surface area contributed by atoms with Crippen LogP contribution < -0.4 is 10.1 Å². The van der Waals surface area contributed by atoms with Crippen molar-refractivity contribution in [1.29, 1.82) is 0 Å². The summed E-state index contributed by atoms with van der Waals surface area (Å²) in [6.45, 7) is 1.73. The van der Waals surface area contributed by atoms with Gasteiger partial charge in [-0.15, -0.1) is 5.10 Å². The van der Waals surface area contributed by atoms with Crippen molar-refractivity contribution in [3.05, 3.63) is 66.4 Å². The van der Waals surface area contributed by atoms with Crippen LogP contribution in [-0.4, -0.2) is 40.3 Å². The predicted molar refractivity (Wildman–Crippen MR) is 98.8 cm³/mol. The molecule has 6 heteroatoms. The van der Waals surface area contributed by atoms with Gasteiger partial charge < -0.3 is 15.0 Å². The van der Waals surface area contributed by atoms with E-state index in [0.717, 1.165) is 12.0 Å². The summed E-state index contributed by atoms with van der Waals surface area (Å²) in [7, 11) is 0. The molecule has 1 saturated heterocycles. The Balaban J connectivity index is 1.34. The van der Waals surface area contributed by atoms with Gasteiger partial charge >= 0.3 is 6.03 Å². The summed E-state index contributed by atoms with van der Waals surface area (Å²) in [5, 5.41) is 13.1. The first-order valence-corrected chi connectivity index (χ1v) is 8.73. The maximum atomic E-state index is 12.5. The Morgan fingerprint density at radius 2 is 2.04 bits per heavy atom. The second kappa shape index (κ2) is 7.39. The van der Waals surface area contributed by atoms with E-state index in [1.807, 2.05) is 24.3 Å². The van der Waals surface area contributed by atoms with E-state index in [4.69, 9.17) is 4.74 Å². The number of fused-ring (bicyclic) bond motifs is 1. The van der Waals surface area contributed by atoms with Gasteiger partial charge in [-0.1, -0.05) is 42.5 Å². The van der Waals surface area contributed by atoms with Gasteiger partial charge in [-0.3, -0.25) is 0 Å². The van der Waals surface area contributed by atoms with Crippen LogP contribution >= 0.6 is 0 Å². The lowest BCUT2D eigenvalue weighted by Gasteiger charge is -2.18. The Morgan fingerprint density at radius 1 is 1.15 bits per heavy atom. The first-order chi connectivity index (χ1) is 12.8. The lowest BCUT2D eigenvalue weighted by molar-refractivity contribution is 0.182. The maximum absolute atomic E-state index is 12.5. The third-order valence-electron chi connectivity index (χ3n) is 4.58. The molecule has 2 heterocycles. The molecule has 1 aliphatic rings. The minimum absolute atomic E-state index is 0.0463. The van der Waals surface area contributed by atoms with E-state index in [-0.39, 0.29) is 12.1 Å². The number of carbonyl (C=O) groups excluding carboxylic acids is 1. The minimum Gasteiger partial charge on any atom is -0.471 e. The number of carbonyl (C=O) groups is 1. The number of rotatable bonds is 4. The van der Waals surface area contributed by atoms with E-state index < -0.39 is 0 Å². The van der Waals surface area contributed by atoms with E-state index in [0.29, 0.717) is 25.5 Å². The summed E-state index contributed by atoms with van der Waals surface area (Å²) in [6, 6.07) is 17.8. The fourth-order valence-corrected chi connectivity index (χ4v) is 3.26. The molecule has 26 heavy (non-hydrogen) atoms. The van der Waals surface area contributed by atoms with Gasteiger partial charge in [0.05, 0.1) is 6.54 Å². The van der Waals surface area contributed by atoms with Crippen molar-refractivity contribution in [1.82, 2.24) is 20.4 Å². The second-order valence-electron chi connectivity index (χ2n) is 6.33. The fraction of sp³-hybridized carbons (Fsp3) is 0.250. The van der Waals surface area contributed by atoms with Crippen LogP contribution in [0.4, 0.5) is 4.79 Å². The molecular formula is C20H20N4O2. The van der Waals surface area contributed by atoms with Crippen molar-refractivity contribution in [2.45, 2.75) is 19.1 Å². The van der Waals surface area contributed by atoms with Gasteiger partial charge in [0, 0.05) is 31.8 Å². The highest BCUT2D eigenvalue weighted by atomic mass is 16.5. The number of amides is 2. The molecule has 1 aromatic heterocycles. The van der Waals surface area contributed by atoms with Crippen LogP contribution in [0.3, 0.4) is 0 Å². The Morgan fingerprint density at radius 3 is 2.92 bits per heavy atom. The van der Waals surface area contributed by atoms with E-state index in [1.54, 1.807) is 23.2 Å². The molecule has 6 nitrogen and oxygen atoms in total. The topological polar surface area (TPSA) is 67.4 Å². The van der Waals surface area contributed by atoms with E-state index in [2.05, 4.69) is 33.7 Å². The molecule has 0 aliphatic carbocycles. The first-order valence-electron chi connectivity index (χ1n) is 8.73. The number of nitrogens with one attached hydrogen (secondary N) is 1. The minimum atomic E-state index is -0.0665. The van der Waals surface area contributed by atoms with E-state index in [9.17, 15) is 4.79 Å². The average Bonchev–Trinajstić information content (AvgIpc) is 3.15. The summed E-state index contributed by atoms with van der Waals surface area (Å²) in [5.74, 6) is 0.496. The Bertz CT molecular complexity index is 895. The van der Waals surface area contributed by atoms with Gasteiger partial charge in [-0.25, -0.2) is 4.79 Å². The van der Waals surface area contributed by atoms with Crippen LogP contribution in [-0.2, 0) is 6.54 Å². The van der Waals surface area contributed by atoms with Gasteiger partial charge in [0.25, 0.3) is 0 Å². The van der Waals surface area contributed by atoms with Crippen LogP contribution in [0.5, 0.6) is 5.88 Å². The number of ether oxygens (including phenoxy) is 1. The molecule has 0 radical (unpaired) electrons. The highest BCUT2D eigenvalue weighted by molar-refractivity contribution is 5.86. The van der Waals surface area contributed by atoms with Gasteiger partial charge in [0.2, 0.25) is 5.88 Å². The molecule has 1 fully saturated rings. The SMILES string of the molecule is O=C(NCc1cccc2ccccc12)N1CCC(Oc2cccnn2)C1. The van der Waals surface area contributed by atoms with Crippen LogP contribution in [0.25, 0.3) is 10.8 Å². The zero-order chi connectivity index (χ0) is 17.8. The molecule has 3 aromatic rings. The first kappa shape index (κ1) is 16.3. The molecule has 1 aliphatic heterocycles. The molecule has 0 spiro atoms. The standard InChI is InChI=1S/C20H20N4O2/c25-20(21-13-16-7-3-6-15-5-1-2-8-18(15)16)24-12-10-17(14-24)26-19-9-4-11-22-23-19/h1-9,11,17H,10,12-14H2,(H,21,25). The molecule has 1 unspecified atom stereocenters. The molecule has 1 N–H and O–H groups in total. The molecular weight excluding hydrogens is 328 g/mol. The van der Waals surface area contributed by atoms with E-state index >= 15 is 0 Å². The van der Waals surface area contributed by atoms with Gasteiger partial charge in [-0.2, -0.15) is 5.10 Å². The van der Waals surface area contributed by atoms with Gasteiger partial charge in [0.1, 0.15) is 6.10 Å². The smallest absolute Gasteiger partial charge is 0.317 e. The zero-order valence-electron chi connectivity index (χ0n) is 14.3. The lowest BCUT2D eigenvalue weighted by Crippen LogP contribution is -2.39. The third-order valence-corrected chi connectivity index (χ3v) is 4.58. The second-order valence-corrected chi connectivity index (χ2v) is 6.33. The van der Waals surface area contributed by atoms with Crippen molar-refractivity contribution >= 4 is 16.8 Å². The van der Waals surface area contributed by atoms with Gasteiger partial charge in [0.15, 0.2) is 0 Å². The number of likely N-dealkylation sites (tertiary alicyclic amines) is 1. The quantitative estimate of drug-likeness (QED) is 0.787. The molecule has 2 amide bonds. The molecule has 2 aromatic carbocycles. The maximum Gasteiger partial charge on any atom is 0.317 e. The number of hydrogen-bond acceptors (Lipinski definition) is 4. The van der Waals surface area contributed by atoms with Crippen LogP contribution in [0.2, 0.25) is 0 Å². The van der Waals surface area contributed by atoms with Crippen molar-refractivity contribution in [2.24, 2.45) is 0 Å². The van der Waals surface area contributed by atoms with Crippen LogP contribution in [0.1, 0.15) is 12.0 Å². The number of nitrogens with zero attached hydrogens (tertiary/aromatic N) is 3. The highest BCUT2D eigenvalue weighted by Crippen LogP contribution is 2.19. The Kier molecular flexibility index (Phi) is 4.64. The molecule has 132 valence electrons. The number of aromatic nitrogens is 2. The monoisotopic (exact) mass is 348 g/mol. The molecule has 4 rings (SSSR count). The van der Waals surface area contributed by atoms with Crippen molar-refractivity contribution < 1.29 is 9.53 Å². The normalized spacial score (nSPS) is 16.6. The van der Waals surface area contributed by atoms with Crippen molar-refractivity contribution in [3.63, 3.8) is 0 Å². The largest absolute Gasteiger partial charge is 0.471 e. The third kappa shape index (κ3) is 3.59. The molecule has 0 bridgehead atoms. The summed E-state index contributed by atoms with van der Waals surface area (Å²) in [5.41, 5.74) is 1.11. The van der Waals surface area contributed by atoms with Crippen molar-refractivity contribution in [3.8, 4) is 5.88 Å². The van der Waals surface area contributed by atoms with Crippen LogP contribution in [0, 0.1) is 0 Å². The Labute approximate surface area is 151 Å². The molecule has 1 atom stereocenters. The summed E-state index contributed by atoms with van der Waals surface area (Å²) < 4.78 is 5.78. The Hall–Kier alpha value is -3.15. The summed E-state index contributed by atoms with van der Waals surface area (Å²) in [6.07, 6.45) is 2.35. The predicted octanol–water partition coefficient (Wildman–Crippen LogP) is 2.99. The van der Waals surface area contributed by atoms with Crippen LogP contribution in [0.15, 0.2) is 60.8 Å². The number of urea groups is 1. The van der Waals surface area contributed by atoms with Crippen molar-refractivity contribution in [2.75, 3.05) is 13.1 Å². The summed E-state index contributed by atoms with van der Waals surface area (Å²) >= 11 is 0. The average molecular weight is 348 g/mol. The lowest BCUT2D eigenvalue weighted by atomic mass is 10.0. The number of hydrogen-bond donors (Lipinski definition) is 1. The van der Waals surface area contributed by atoms with Gasteiger partial charge in [-0.05, 0) is 22.4 Å². The number of benzene rings is 2.